The van der Waals surface area contributed by atoms with Crippen molar-refractivity contribution in [2.75, 3.05) is 26.4 Å². The van der Waals surface area contributed by atoms with E-state index in [1.54, 1.807) is 0 Å². The lowest BCUT2D eigenvalue weighted by Gasteiger charge is -2.28. The second-order valence-corrected chi connectivity index (χ2v) is 9.21. The molecule has 0 amide bonds. The summed E-state index contributed by atoms with van der Waals surface area (Å²) in [6.07, 6.45) is 0. The van der Waals surface area contributed by atoms with Crippen molar-refractivity contribution >= 4 is 47.8 Å². The summed E-state index contributed by atoms with van der Waals surface area (Å²) in [4.78, 5) is 0. The van der Waals surface area contributed by atoms with Crippen molar-refractivity contribution in [3.05, 3.63) is 54.4 Å². The molecule has 0 aliphatic heterocycles. The molecule has 162 valence electrons. The standard InChI is InChI=1S/C20H23Br3O4.C2H6/c1-12-8-13(9-15(21)18(12)26-6-4-24)20(2,3)14-10-16(22)19(17(23)11-14)27-7-5-25;1-2/h8-11,24-25H,4-7H2,1-3H3;1-2H3. The van der Waals surface area contributed by atoms with Gasteiger partial charge in [-0.3, -0.25) is 0 Å². The highest BCUT2D eigenvalue weighted by Crippen LogP contribution is 2.42. The zero-order valence-corrected chi connectivity index (χ0v) is 22.2. The van der Waals surface area contributed by atoms with Gasteiger partial charge < -0.3 is 19.7 Å². The molecule has 29 heavy (non-hydrogen) atoms. The van der Waals surface area contributed by atoms with Gasteiger partial charge in [0, 0.05) is 5.41 Å². The quantitative estimate of drug-likeness (QED) is 0.371. The van der Waals surface area contributed by atoms with Crippen LogP contribution in [0.4, 0.5) is 0 Å². The smallest absolute Gasteiger partial charge is 0.147 e. The molecule has 4 nitrogen and oxygen atoms in total. The van der Waals surface area contributed by atoms with Crippen LogP contribution >= 0.6 is 47.8 Å². The van der Waals surface area contributed by atoms with Crippen LogP contribution in [0.5, 0.6) is 11.5 Å². The van der Waals surface area contributed by atoms with Crippen molar-refractivity contribution in [3.63, 3.8) is 0 Å². The number of benzene rings is 2. The summed E-state index contributed by atoms with van der Waals surface area (Å²) < 4.78 is 13.7. The zero-order valence-electron chi connectivity index (χ0n) is 17.5. The molecule has 0 fully saturated rings. The molecule has 0 saturated heterocycles. The Kier molecular flexibility index (Phi) is 11.2. The maximum atomic E-state index is 9.00. The molecular weight excluding hydrogens is 568 g/mol. The van der Waals surface area contributed by atoms with Gasteiger partial charge in [0.1, 0.15) is 24.7 Å². The number of aryl methyl sites for hydroxylation is 1. The van der Waals surface area contributed by atoms with Crippen LogP contribution in [-0.4, -0.2) is 36.6 Å². The Bertz CT molecular complexity index is 695. The Morgan fingerprint density at radius 3 is 1.55 bits per heavy atom. The van der Waals surface area contributed by atoms with E-state index >= 15 is 0 Å². The Labute approximate surface area is 199 Å². The van der Waals surface area contributed by atoms with Crippen LogP contribution in [0.3, 0.4) is 0 Å². The summed E-state index contributed by atoms with van der Waals surface area (Å²) >= 11 is 10.7. The van der Waals surface area contributed by atoms with E-state index < -0.39 is 0 Å². The van der Waals surface area contributed by atoms with Crippen molar-refractivity contribution < 1.29 is 19.7 Å². The minimum atomic E-state index is -0.274. The normalized spacial score (nSPS) is 11.0. The molecule has 0 aromatic heterocycles. The summed E-state index contributed by atoms with van der Waals surface area (Å²) in [5, 5.41) is 18.0. The first-order valence-corrected chi connectivity index (χ1v) is 11.9. The van der Waals surface area contributed by atoms with Crippen LogP contribution in [0, 0.1) is 6.92 Å². The van der Waals surface area contributed by atoms with Gasteiger partial charge in [-0.05, 0) is 89.6 Å². The third kappa shape index (κ3) is 6.69. The Balaban J connectivity index is 0.00000204. The first-order valence-electron chi connectivity index (χ1n) is 9.49. The van der Waals surface area contributed by atoms with E-state index in [1.807, 2.05) is 32.9 Å². The average Bonchev–Trinajstić information content (AvgIpc) is 2.68. The van der Waals surface area contributed by atoms with E-state index in [-0.39, 0.29) is 31.8 Å². The van der Waals surface area contributed by atoms with Crippen molar-refractivity contribution in [2.45, 2.75) is 40.0 Å². The molecule has 0 bridgehead atoms. The number of aliphatic hydroxyl groups is 2. The molecule has 0 atom stereocenters. The van der Waals surface area contributed by atoms with Crippen LogP contribution in [0.15, 0.2) is 37.7 Å². The van der Waals surface area contributed by atoms with E-state index in [0.29, 0.717) is 5.75 Å². The van der Waals surface area contributed by atoms with Gasteiger partial charge in [-0.25, -0.2) is 0 Å². The predicted molar refractivity (Wildman–Crippen MR) is 129 cm³/mol. The van der Waals surface area contributed by atoms with Crippen molar-refractivity contribution in [1.82, 2.24) is 0 Å². The van der Waals surface area contributed by atoms with Crippen LogP contribution < -0.4 is 9.47 Å². The van der Waals surface area contributed by atoms with Gasteiger partial charge in [-0.2, -0.15) is 0 Å². The number of ether oxygens (including phenoxy) is 2. The van der Waals surface area contributed by atoms with Gasteiger partial charge in [0.05, 0.1) is 26.6 Å². The van der Waals surface area contributed by atoms with Crippen LogP contribution in [0.25, 0.3) is 0 Å². The number of halogens is 3. The fraction of sp³-hybridized carbons (Fsp3) is 0.455. The first kappa shape index (κ1) is 26.4. The summed E-state index contributed by atoms with van der Waals surface area (Å²) in [6, 6.07) is 8.24. The number of hydrogen-bond donors (Lipinski definition) is 2. The predicted octanol–water partition coefficient (Wildman–Crippen LogP) is 6.38. The summed E-state index contributed by atoms with van der Waals surface area (Å²) in [7, 11) is 0. The van der Waals surface area contributed by atoms with Gasteiger partial charge in [0.25, 0.3) is 0 Å². The molecule has 0 unspecified atom stereocenters. The fourth-order valence-corrected chi connectivity index (χ4v) is 4.88. The molecule has 2 rings (SSSR count). The summed E-state index contributed by atoms with van der Waals surface area (Å²) in [6.45, 7) is 10.7. The van der Waals surface area contributed by atoms with Crippen LogP contribution in [-0.2, 0) is 5.41 Å². The van der Waals surface area contributed by atoms with E-state index in [4.69, 9.17) is 19.7 Å². The number of rotatable bonds is 8. The monoisotopic (exact) mass is 594 g/mol. The van der Waals surface area contributed by atoms with Crippen molar-refractivity contribution in [1.29, 1.82) is 0 Å². The van der Waals surface area contributed by atoms with Crippen molar-refractivity contribution in [2.24, 2.45) is 0 Å². The van der Waals surface area contributed by atoms with Crippen LogP contribution in [0.1, 0.15) is 44.4 Å². The second kappa shape index (κ2) is 12.3. The minimum Gasteiger partial charge on any atom is -0.490 e. The van der Waals surface area contributed by atoms with E-state index in [2.05, 4.69) is 73.8 Å². The maximum absolute atomic E-state index is 9.00. The fourth-order valence-electron chi connectivity index (χ4n) is 2.80. The van der Waals surface area contributed by atoms with Gasteiger partial charge in [-0.15, -0.1) is 0 Å². The first-order chi connectivity index (χ1) is 13.7. The van der Waals surface area contributed by atoms with Gasteiger partial charge in [0.2, 0.25) is 0 Å². The highest BCUT2D eigenvalue weighted by atomic mass is 79.9. The summed E-state index contributed by atoms with van der Waals surface area (Å²) in [5.74, 6) is 1.42. The number of hydrogen-bond acceptors (Lipinski definition) is 4. The summed E-state index contributed by atoms with van der Waals surface area (Å²) in [5.41, 5.74) is 2.96. The third-order valence-electron chi connectivity index (χ3n) is 4.35. The lowest BCUT2D eigenvalue weighted by molar-refractivity contribution is 0.200. The lowest BCUT2D eigenvalue weighted by atomic mass is 9.77. The minimum absolute atomic E-state index is 0.0219. The van der Waals surface area contributed by atoms with Crippen molar-refractivity contribution in [3.8, 4) is 11.5 Å². The van der Waals surface area contributed by atoms with E-state index in [1.165, 1.54) is 0 Å². The lowest BCUT2D eigenvalue weighted by Crippen LogP contribution is -2.20. The van der Waals surface area contributed by atoms with Gasteiger partial charge in [-0.1, -0.05) is 33.8 Å². The van der Waals surface area contributed by atoms with Crippen LogP contribution in [0.2, 0.25) is 0 Å². The molecule has 0 aliphatic carbocycles. The molecule has 2 aromatic carbocycles. The molecular formula is C22H29Br3O4. The van der Waals surface area contributed by atoms with Gasteiger partial charge in [0.15, 0.2) is 0 Å². The SMILES string of the molecule is CC.Cc1cc(C(C)(C)c2cc(Br)c(OCCO)c(Br)c2)cc(Br)c1OCCO. The molecule has 2 aromatic rings. The molecule has 0 aliphatic rings. The molecule has 7 heteroatoms. The third-order valence-corrected chi connectivity index (χ3v) is 6.11. The zero-order chi connectivity index (χ0) is 22.2. The second-order valence-electron chi connectivity index (χ2n) is 6.64. The molecule has 2 N–H and O–H groups in total. The topological polar surface area (TPSA) is 58.9 Å². The molecule has 0 heterocycles. The van der Waals surface area contributed by atoms with Gasteiger partial charge >= 0.3 is 0 Å². The Morgan fingerprint density at radius 1 is 0.759 bits per heavy atom. The molecule has 0 spiro atoms. The van der Waals surface area contributed by atoms with E-state index in [0.717, 1.165) is 35.9 Å². The Morgan fingerprint density at radius 2 is 1.14 bits per heavy atom. The highest BCUT2D eigenvalue weighted by molar-refractivity contribution is 9.11. The largest absolute Gasteiger partial charge is 0.490 e. The molecule has 0 saturated carbocycles. The number of aliphatic hydroxyl groups excluding tert-OH is 2. The molecule has 0 radical (unpaired) electrons. The van der Waals surface area contributed by atoms with E-state index in [9.17, 15) is 0 Å². The Hall–Kier alpha value is -0.600. The highest BCUT2D eigenvalue weighted by Gasteiger charge is 2.27. The maximum Gasteiger partial charge on any atom is 0.147 e. The average molecular weight is 597 g/mol.